The molecule has 1 unspecified atom stereocenters. The molecule has 0 aromatic rings. The molecular formula is C33H52N6O7. The second kappa shape index (κ2) is 12.6. The van der Waals surface area contributed by atoms with Gasteiger partial charge in [0.2, 0.25) is 29.4 Å². The molecule has 4 aliphatic rings. The molecule has 0 radical (unpaired) electrons. The number of nitrogens with one attached hydrogen (secondary N) is 3. The highest BCUT2D eigenvalue weighted by atomic mass is 16.2. The van der Waals surface area contributed by atoms with Crippen molar-refractivity contribution >= 4 is 41.4 Å². The van der Waals surface area contributed by atoms with E-state index in [1.54, 1.807) is 0 Å². The van der Waals surface area contributed by atoms with E-state index in [1.807, 2.05) is 55.4 Å². The fourth-order valence-electron chi connectivity index (χ4n) is 7.03. The number of Topliss-reactive ketones (excluding diaryl/α,β-unsaturated/α-hetero) is 1. The number of imide groups is 1. The van der Waals surface area contributed by atoms with Gasteiger partial charge in [-0.05, 0) is 46.8 Å². The molecule has 256 valence electrons. The van der Waals surface area contributed by atoms with Crippen molar-refractivity contribution in [2.45, 2.75) is 118 Å². The summed E-state index contributed by atoms with van der Waals surface area (Å²) in [5, 5.41) is 8.50. The standard InChI is InChI=1S/C33H52N6O7/c1-31(2,3)20(16-38-21(40)10-9-11-22(38)41)36-30(46)37-26(32(4,5)6)29(45)39-15-18-23(33(18,7)8)24(39)28(44)35-19(14-17-12-13-17)25(42)27(34)43/h17-20,23-24,26H,9-16H2,1-8H3,(H2,34,43)(H,35,44)(H2,36,37,46)/t18-,19?,20+,23-,24-,26+/m0/s1. The van der Waals surface area contributed by atoms with Gasteiger partial charge in [-0.1, -0.05) is 68.2 Å². The van der Waals surface area contributed by atoms with Gasteiger partial charge in [0.25, 0.3) is 5.91 Å². The summed E-state index contributed by atoms with van der Waals surface area (Å²) in [5.41, 5.74) is 3.80. The largest absolute Gasteiger partial charge is 0.363 e. The van der Waals surface area contributed by atoms with Crippen LogP contribution in [-0.4, -0.2) is 88.4 Å². The molecule has 13 nitrogen and oxygen atoms in total. The van der Waals surface area contributed by atoms with Gasteiger partial charge in [-0.3, -0.25) is 33.7 Å². The van der Waals surface area contributed by atoms with Gasteiger partial charge < -0.3 is 26.6 Å². The normalized spacial score (nSPS) is 26.0. The third-order valence-electron chi connectivity index (χ3n) is 10.4. The number of nitrogens with two attached hydrogens (primary N) is 1. The lowest BCUT2D eigenvalue weighted by atomic mass is 9.84. The lowest BCUT2D eigenvalue weighted by Crippen LogP contribution is -2.63. The van der Waals surface area contributed by atoms with Gasteiger partial charge in [-0.25, -0.2) is 4.79 Å². The molecule has 6 atom stereocenters. The Balaban J connectivity index is 1.52. The molecular weight excluding hydrogens is 592 g/mol. The van der Waals surface area contributed by atoms with E-state index < -0.39 is 64.5 Å². The number of fused-ring (bicyclic) bond motifs is 1. The molecule has 13 heteroatoms. The molecule has 2 aliphatic carbocycles. The quantitative estimate of drug-likeness (QED) is 0.194. The van der Waals surface area contributed by atoms with Crippen LogP contribution >= 0.6 is 0 Å². The maximum Gasteiger partial charge on any atom is 0.315 e. The van der Waals surface area contributed by atoms with Crippen LogP contribution in [0.25, 0.3) is 0 Å². The van der Waals surface area contributed by atoms with E-state index in [0.717, 1.165) is 12.8 Å². The van der Waals surface area contributed by atoms with E-state index in [1.165, 1.54) is 9.80 Å². The summed E-state index contributed by atoms with van der Waals surface area (Å²) in [6.07, 6.45) is 3.20. The molecule has 2 heterocycles. The number of likely N-dealkylation sites (tertiary alicyclic amines) is 2. The summed E-state index contributed by atoms with van der Waals surface area (Å²) < 4.78 is 0. The van der Waals surface area contributed by atoms with Crippen LogP contribution in [0, 0.1) is 34.0 Å². The zero-order chi connectivity index (χ0) is 34.5. The molecule has 2 saturated heterocycles. The van der Waals surface area contributed by atoms with E-state index in [0.29, 0.717) is 19.4 Å². The molecule has 0 aromatic carbocycles. The maximum absolute atomic E-state index is 14.3. The molecule has 7 amide bonds. The summed E-state index contributed by atoms with van der Waals surface area (Å²) in [7, 11) is 0. The van der Waals surface area contributed by atoms with Crippen molar-refractivity contribution in [2.24, 2.45) is 39.7 Å². The van der Waals surface area contributed by atoms with E-state index in [2.05, 4.69) is 16.0 Å². The van der Waals surface area contributed by atoms with Gasteiger partial charge >= 0.3 is 6.03 Å². The molecule has 2 saturated carbocycles. The number of amides is 7. The zero-order valence-corrected chi connectivity index (χ0v) is 28.5. The van der Waals surface area contributed by atoms with Crippen LogP contribution in [-0.2, 0) is 28.8 Å². The Morgan fingerprint density at radius 2 is 1.50 bits per heavy atom. The minimum Gasteiger partial charge on any atom is -0.363 e. The number of nitrogens with zero attached hydrogens (tertiary/aromatic N) is 2. The number of ketones is 1. The van der Waals surface area contributed by atoms with Crippen molar-refractivity contribution in [1.82, 2.24) is 25.8 Å². The van der Waals surface area contributed by atoms with Crippen molar-refractivity contribution in [3.8, 4) is 0 Å². The predicted molar refractivity (Wildman–Crippen MR) is 168 cm³/mol. The van der Waals surface area contributed by atoms with Crippen molar-refractivity contribution < 1.29 is 33.6 Å². The Morgan fingerprint density at radius 1 is 0.913 bits per heavy atom. The van der Waals surface area contributed by atoms with E-state index in [4.69, 9.17) is 5.73 Å². The van der Waals surface area contributed by atoms with Gasteiger partial charge in [-0.15, -0.1) is 0 Å². The van der Waals surface area contributed by atoms with Crippen molar-refractivity contribution in [2.75, 3.05) is 13.1 Å². The minimum absolute atomic E-state index is 0.0155. The predicted octanol–water partition coefficient (Wildman–Crippen LogP) is 1.48. The molecule has 5 N–H and O–H groups in total. The number of rotatable bonds is 11. The minimum atomic E-state index is -1.11. The SMILES string of the molecule is CC(C)(C)[C@H](NC(=O)N[C@H](CN1C(=O)CCCC1=O)C(C)(C)C)C(=O)N1C[C@H]2[C@@H]([C@H]1C(=O)NC(CC1CC1)C(=O)C(N)=O)C2(C)C. The first-order valence-electron chi connectivity index (χ1n) is 16.5. The third-order valence-corrected chi connectivity index (χ3v) is 10.4. The molecule has 0 bridgehead atoms. The van der Waals surface area contributed by atoms with Crippen LogP contribution in [0.5, 0.6) is 0 Å². The molecule has 0 aromatic heterocycles. The molecule has 2 aliphatic heterocycles. The highest BCUT2D eigenvalue weighted by Gasteiger charge is 2.70. The molecule has 4 fully saturated rings. The number of carbonyl (C=O) groups excluding carboxylic acids is 7. The summed E-state index contributed by atoms with van der Waals surface area (Å²) in [4.78, 5) is 93.7. The van der Waals surface area contributed by atoms with Crippen molar-refractivity contribution in [1.29, 1.82) is 0 Å². The second-order valence-electron chi connectivity index (χ2n) is 16.4. The first kappa shape index (κ1) is 35.3. The third kappa shape index (κ3) is 7.54. The monoisotopic (exact) mass is 644 g/mol. The van der Waals surface area contributed by atoms with Crippen LogP contribution in [0.4, 0.5) is 4.79 Å². The summed E-state index contributed by atoms with van der Waals surface area (Å²) in [5.74, 6) is -3.31. The van der Waals surface area contributed by atoms with Gasteiger partial charge in [0.05, 0.1) is 12.1 Å². The highest BCUT2D eigenvalue weighted by molar-refractivity contribution is 6.37. The van der Waals surface area contributed by atoms with Crippen LogP contribution < -0.4 is 21.7 Å². The van der Waals surface area contributed by atoms with Crippen LogP contribution in [0.3, 0.4) is 0 Å². The number of hydrogen-bond acceptors (Lipinski definition) is 7. The number of hydrogen-bond donors (Lipinski definition) is 4. The summed E-state index contributed by atoms with van der Waals surface area (Å²) >= 11 is 0. The average molecular weight is 645 g/mol. The first-order chi connectivity index (χ1) is 21.1. The first-order valence-corrected chi connectivity index (χ1v) is 16.5. The number of carbonyl (C=O) groups is 7. The van der Waals surface area contributed by atoms with Gasteiger partial charge in [-0.2, -0.15) is 0 Å². The van der Waals surface area contributed by atoms with Crippen LogP contribution in [0.15, 0.2) is 0 Å². The van der Waals surface area contributed by atoms with Gasteiger partial charge in [0.1, 0.15) is 12.1 Å². The van der Waals surface area contributed by atoms with Crippen LogP contribution in [0.1, 0.15) is 93.9 Å². The molecule has 46 heavy (non-hydrogen) atoms. The average Bonchev–Trinajstić information content (AvgIpc) is 3.78. The van der Waals surface area contributed by atoms with E-state index >= 15 is 0 Å². The number of piperidine rings is 2. The number of primary amides is 1. The van der Waals surface area contributed by atoms with E-state index in [9.17, 15) is 33.6 Å². The Bertz CT molecular complexity index is 1280. The topological polar surface area (TPSA) is 188 Å². The lowest BCUT2D eigenvalue weighted by molar-refractivity contribution is -0.148. The van der Waals surface area contributed by atoms with Crippen molar-refractivity contribution in [3.63, 3.8) is 0 Å². The Labute approximate surface area is 271 Å². The summed E-state index contributed by atoms with van der Waals surface area (Å²) in [6, 6.07) is -4.20. The Hall–Kier alpha value is -3.51. The molecule has 0 spiro atoms. The van der Waals surface area contributed by atoms with Crippen LogP contribution in [0.2, 0.25) is 0 Å². The smallest absolute Gasteiger partial charge is 0.315 e. The van der Waals surface area contributed by atoms with Gasteiger partial charge in [0.15, 0.2) is 0 Å². The van der Waals surface area contributed by atoms with Gasteiger partial charge in [0, 0.05) is 25.9 Å². The fraction of sp³-hybridized carbons (Fsp3) is 0.788. The zero-order valence-electron chi connectivity index (χ0n) is 28.5. The fourth-order valence-corrected chi connectivity index (χ4v) is 7.03. The lowest BCUT2D eigenvalue weighted by Gasteiger charge is -2.39. The Kier molecular flexibility index (Phi) is 9.68. The maximum atomic E-state index is 14.3. The highest BCUT2D eigenvalue weighted by Crippen LogP contribution is 2.65. The number of urea groups is 1. The Morgan fingerprint density at radius 3 is 2.00 bits per heavy atom. The second-order valence-corrected chi connectivity index (χ2v) is 16.4. The molecule has 4 rings (SSSR count). The summed E-state index contributed by atoms with van der Waals surface area (Å²) in [6.45, 7) is 15.5. The van der Waals surface area contributed by atoms with E-state index in [-0.39, 0.29) is 54.4 Å². The van der Waals surface area contributed by atoms with Crippen molar-refractivity contribution in [3.05, 3.63) is 0 Å².